The fourth-order valence-electron chi connectivity index (χ4n) is 5.62. The van der Waals surface area contributed by atoms with Gasteiger partial charge in [-0.3, -0.25) is 9.69 Å². The number of likely N-dealkylation sites (tertiary alicyclic amines) is 1. The van der Waals surface area contributed by atoms with Gasteiger partial charge in [0.15, 0.2) is 0 Å². The molecule has 3 atom stereocenters. The van der Waals surface area contributed by atoms with E-state index in [1.807, 2.05) is 19.2 Å². The van der Waals surface area contributed by atoms with Crippen molar-refractivity contribution in [3.05, 3.63) is 59.7 Å². The minimum Gasteiger partial charge on any atom is -0.388 e. The van der Waals surface area contributed by atoms with Crippen molar-refractivity contribution >= 4 is 17.3 Å². The third-order valence-electron chi connectivity index (χ3n) is 7.52. The molecule has 2 aromatic carbocycles. The number of unbranched alkanes of at least 4 members (excludes halogenated alkanes) is 2. The van der Waals surface area contributed by atoms with E-state index in [1.165, 1.54) is 44.2 Å². The first-order chi connectivity index (χ1) is 15.6. The van der Waals surface area contributed by atoms with Crippen LogP contribution in [0, 0.1) is 0 Å². The molecular formula is C28H39N3O. The van der Waals surface area contributed by atoms with E-state index in [0.29, 0.717) is 12.1 Å². The maximum absolute atomic E-state index is 13.6. The zero-order valence-electron chi connectivity index (χ0n) is 20.0. The van der Waals surface area contributed by atoms with Crippen LogP contribution in [0.25, 0.3) is 0 Å². The topological polar surface area (TPSA) is 35.6 Å². The van der Waals surface area contributed by atoms with Crippen LogP contribution in [0.4, 0.5) is 11.4 Å². The van der Waals surface area contributed by atoms with Crippen LogP contribution in [0.5, 0.6) is 0 Å². The summed E-state index contributed by atoms with van der Waals surface area (Å²) in [5, 5.41) is 3.20. The van der Waals surface area contributed by atoms with Gasteiger partial charge in [0, 0.05) is 37.1 Å². The SMILES string of the molecule is CNc1cccc(C2Cc3ccccc3N(CCCCCN3[C@H](C)CCC[C@@H]3C)C2=O)c1. The number of amides is 1. The summed E-state index contributed by atoms with van der Waals surface area (Å²) >= 11 is 0. The van der Waals surface area contributed by atoms with Gasteiger partial charge in [-0.25, -0.2) is 0 Å². The summed E-state index contributed by atoms with van der Waals surface area (Å²) in [5.74, 6) is 0.142. The number of hydrogen-bond donors (Lipinski definition) is 1. The normalized spacial score (nSPS) is 23.8. The third-order valence-corrected chi connectivity index (χ3v) is 7.52. The molecule has 32 heavy (non-hydrogen) atoms. The number of carbonyl (C=O) groups is 1. The Bertz CT molecular complexity index is 901. The predicted octanol–water partition coefficient (Wildman–Crippen LogP) is 5.83. The summed E-state index contributed by atoms with van der Waals surface area (Å²) < 4.78 is 0. The number of carbonyl (C=O) groups excluding carboxylic acids is 1. The smallest absolute Gasteiger partial charge is 0.234 e. The van der Waals surface area contributed by atoms with Crippen LogP contribution in [0.3, 0.4) is 0 Å². The number of hydrogen-bond acceptors (Lipinski definition) is 3. The molecule has 2 aliphatic heterocycles. The van der Waals surface area contributed by atoms with Gasteiger partial charge in [-0.15, -0.1) is 0 Å². The van der Waals surface area contributed by atoms with Gasteiger partial charge in [-0.05, 0) is 81.8 Å². The van der Waals surface area contributed by atoms with E-state index < -0.39 is 0 Å². The highest BCUT2D eigenvalue weighted by molar-refractivity contribution is 6.01. The fourth-order valence-corrected chi connectivity index (χ4v) is 5.62. The van der Waals surface area contributed by atoms with Crippen LogP contribution in [-0.4, -0.2) is 43.0 Å². The summed E-state index contributed by atoms with van der Waals surface area (Å²) in [7, 11) is 1.93. The zero-order valence-corrected chi connectivity index (χ0v) is 20.0. The average Bonchev–Trinajstić information content (AvgIpc) is 2.81. The number of anilines is 2. The van der Waals surface area contributed by atoms with Crippen LogP contribution < -0.4 is 10.2 Å². The molecule has 2 heterocycles. The molecule has 172 valence electrons. The van der Waals surface area contributed by atoms with E-state index in [4.69, 9.17) is 0 Å². The van der Waals surface area contributed by atoms with Gasteiger partial charge in [0.05, 0.1) is 5.92 Å². The maximum Gasteiger partial charge on any atom is 0.234 e. The molecular weight excluding hydrogens is 394 g/mol. The Morgan fingerprint density at radius 1 is 0.938 bits per heavy atom. The Morgan fingerprint density at radius 3 is 2.47 bits per heavy atom. The first kappa shape index (κ1) is 22.8. The lowest BCUT2D eigenvalue weighted by molar-refractivity contribution is -0.120. The molecule has 0 aliphatic carbocycles. The first-order valence-corrected chi connectivity index (χ1v) is 12.5. The Kier molecular flexibility index (Phi) is 7.51. The zero-order chi connectivity index (χ0) is 22.5. The lowest BCUT2D eigenvalue weighted by atomic mass is 9.86. The van der Waals surface area contributed by atoms with E-state index in [2.05, 4.69) is 65.4 Å². The van der Waals surface area contributed by atoms with Gasteiger partial charge in [0.25, 0.3) is 0 Å². The minimum atomic E-state index is -0.103. The molecule has 1 fully saturated rings. The van der Waals surface area contributed by atoms with Gasteiger partial charge >= 0.3 is 0 Å². The van der Waals surface area contributed by atoms with Gasteiger partial charge in [-0.2, -0.15) is 0 Å². The highest BCUT2D eigenvalue weighted by Gasteiger charge is 2.33. The van der Waals surface area contributed by atoms with Crippen molar-refractivity contribution < 1.29 is 4.79 Å². The summed E-state index contributed by atoms with van der Waals surface area (Å²) in [6.45, 7) is 6.75. The standard InChI is InChI=1S/C28H39N3O/c1-21-11-9-12-22(2)30(21)17-7-4-8-18-31-27-16-6-5-13-24(27)20-26(28(31)32)23-14-10-15-25(19-23)29-3/h5-6,10,13-16,19,21-22,26,29H,4,7-9,11-12,17-18,20H2,1-3H3/t21-,22+,26?. The molecule has 0 aromatic heterocycles. The second-order valence-corrected chi connectivity index (χ2v) is 9.68. The number of para-hydroxylation sites is 1. The number of benzene rings is 2. The minimum absolute atomic E-state index is 0.103. The molecule has 2 aliphatic rings. The molecule has 1 saturated heterocycles. The molecule has 0 bridgehead atoms. The van der Waals surface area contributed by atoms with Crippen LogP contribution in [0.15, 0.2) is 48.5 Å². The molecule has 4 heteroatoms. The largest absolute Gasteiger partial charge is 0.388 e. The lowest BCUT2D eigenvalue weighted by Gasteiger charge is -2.39. The van der Waals surface area contributed by atoms with Crippen molar-refractivity contribution in [3.8, 4) is 0 Å². The monoisotopic (exact) mass is 433 g/mol. The first-order valence-electron chi connectivity index (χ1n) is 12.5. The van der Waals surface area contributed by atoms with Crippen molar-refractivity contribution in [3.63, 3.8) is 0 Å². The number of rotatable bonds is 8. The highest BCUT2D eigenvalue weighted by Crippen LogP contribution is 2.36. The maximum atomic E-state index is 13.6. The van der Waals surface area contributed by atoms with Gasteiger partial charge < -0.3 is 10.2 Å². The highest BCUT2D eigenvalue weighted by atomic mass is 16.2. The second kappa shape index (κ2) is 10.5. The molecule has 1 amide bonds. The number of piperidine rings is 1. The molecule has 4 nitrogen and oxygen atoms in total. The number of nitrogens with zero attached hydrogens (tertiary/aromatic N) is 2. The van der Waals surface area contributed by atoms with Gasteiger partial charge in [-0.1, -0.05) is 43.2 Å². The number of nitrogens with one attached hydrogen (secondary N) is 1. The molecule has 1 unspecified atom stereocenters. The molecule has 4 rings (SSSR count). The second-order valence-electron chi connectivity index (χ2n) is 9.68. The molecule has 2 aromatic rings. The molecule has 0 radical (unpaired) electrons. The van der Waals surface area contributed by atoms with Crippen molar-refractivity contribution in [2.75, 3.05) is 30.4 Å². The molecule has 0 saturated carbocycles. The van der Waals surface area contributed by atoms with Crippen molar-refractivity contribution in [1.82, 2.24) is 4.90 Å². The van der Waals surface area contributed by atoms with Crippen LogP contribution in [0.1, 0.15) is 69.4 Å². The molecule has 0 spiro atoms. The summed E-state index contributed by atoms with van der Waals surface area (Å²) in [6.07, 6.45) is 8.25. The van der Waals surface area contributed by atoms with E-state index in [-0.39, 0.29) is 11.8 Å². The number of fused-ring (bicyclic) bond motifs is 1. The van der Waals surface area contributed by atoms with E-state index in [9.17, 15) is 4.79 Å². The van der Waals surface area contributed by atoms with Crippen molar-refractivity contribution in [2.24, 2.45) is 0 Å². The Balaban J connectivity index is 1.40. The van der Waals surface area contributed by atoms with Crippen LogP contribution >= 0.6 is 0 Å². The Morgan fingerprint density at radius 2 is 1.69 bits per heavy atom. The van der Waals surface area contributed by atoms with E-state index in [0.717, 1.165) is 36.3 Å². The van der Waals surface area contributed by atoms with Crippen molar-refractivity contribution in [1.29, 1.82) is 0 Å². The quantitative estimate of drug-likeness (QED) is 0.532. The van der Waals surface area contributed by atoms with Gasteiger partial charge in [0.1, 0.15) is 0 Å². The molecule has 1 N–H and O–H groups in total. The summed E-state index contributed by atoms with van der Waals surface area (Å²) in [4.78, 5) is 18.3. The van der Waals surface area contributed by atoms with E-state index >= 15 is 0 Å². The Labute approximate surface area is 194 Å². The third kappa shape index (κ3) is 5.01. The fraction of sp³-hybridized carbons (Fsp3) is 0.536. The Hall–Kier alpha value is -2.33. The van der Waals surface area contributed by atoms with Crippen LogP contribution in [0.2, 0.25) is 0 Å². The lowest BCUT2D eigenvalue weighted by Crippen LogP contribution is -2.44. The summed E-state index contributed by atoms with van der Waals surface area (Å²) in [6, 6.07) is 18.2. The van der Waals surface area contributed by atoms with Crippen molar-refractivity contribution in [2.45, 2.75) is 76.8 Å². The van der Waals surface area contributed by atoms with Gasteiger partial charge in [0.2, 0.25) is 5.91 Å². The van der Waals surface area contributed by atoms with E-state index in [1.54, 1.807) is 0 Å². The summed E-state index contributed by atoms with van der Waals surface area (Å²) in [5.41, 5.74) is 4.55. The van der Waals surface area contributed by atoms with Crippen LogP contribution in [-0.2, 0) is 11.2 Å². The average molecular weight is 434 g/mol. The predicted molar refractivity (Wildman–Crippen MR) is 135 cm³/mol.